The summed E-state index contributed by atoms with van der Waals surface area (Å²) >= 11 is 0. The summed E-state index contributed by atoms with van der Waals surface area (Å²) in [6.45, 7) is 4.86. The Kier molecular flexibility index (Phi) is 3.77. The van der Waals surface area contributed by atoms with Crippen LogP contribution in [0.3, 0.4) is 0 Å². The first-order chi connectivity index (χ1) is 12.8. The van der Waals surface area contributed by atoms with Crippen molar-refractivity contribution >= 4 is 22.6 Å². The summed E-state index contributed by atoms with van der Waals surface area (Å²) in [7, 11) is 0. The average molecular weight is 370 g/mol. The summed E-state index contributed by atoms with van der Waals surface area (Å²) in [4.78, 5) is 24.0. The van der Waals surface area contributed by atoms with E-state index < -0.39 is 17.7 Å². The number of carbonyl (C=O) groups is 1. The number of hydrogen-bond donors (Lipinski definition) is 2. The van der Waals surface area contributed by atoms with Gasteiger partial charge in [0.1, 0.15) is 28.5 Å². The second-order valence-electron chi connectivity index (χ2n) is 7.08. The summed E-state index contributed by atoms with van der Waals surface area (Å²) in [6, 6.07) is 5.47. The van der Waals surface area contributed by atoms with Gasteiger partial charge in [-0.15, -0.1) is 0 Å². The number of aliphatic hydroxyl groups is 1. The van der Waals surface area contributed by atoms with Gasteiger partial charge in [0.25, 0.3) is 5.56 Å². The van der Waals surface area contributed by atoms with Crippen LogP contribution in [0.2, 0.25) is 0 Å². The smallest absolute Gasteiger partial charge is 0.251 e. The highest BCUT2D eigenvalue weighted by Gasteiger charge is 2.44. The molecule has 0 spiro atoms. The molecule has 0 saturated carbocycles. The van der Waals surface area contributed by atoms with E-state index in [4.69, 9.17) is 9.37 Å². The lowest BCUT2D eigenvalue weighted by Crippen LogP contribution is -2.52. The van der Waals surface area contributed by atoms with Crippen molar-refractivity contribution in [1.82, 2.24) is 14.9 Å². The summed E-state index contributed by atoms with van der Waals surface area (Å²) in [5, 5.41) is 21.3. The molecule has 4 rings (SSSR count). The van der Waals surface area contributed by atoms with Crippen LogP contribution in [0.15, 0.2) is 39.9 Å². The lowest BCUT2D eigenvalue weighted by molar-refractivity contribution is -0.114. The fourth-order valence-electron chi connectivity index (χ4n) is 3.34. The molecule has 1 aliphatic heterocycles. The van der Waals surface area contributed by atoms with Gasteiger partial charge in [0.05, 0.1) is 11.7 Å². The summed E-state index contributed by atoms with van der Waals surface area (Å²) in [6.07, 6.45) is 0.473. The minimum atomic E-state index is -1.03. The van der Waals surface area contributed by atoms with Crippen molar-refractivity contribution < 1.29 is 19.3 Å². The molecule has 1 aliphatic rings. The monoisotopic (exact) mass is 370 g/mol. The fourth-order valence-corrected chi connectivity index (χ4v) is 3.34. The molecule has 9 nitrogen and oxygen atoms in total. The van der Waals surface area contributed by atoms with Crippen LogP contribution in [-0.4, -0.2) is 37.6 Å². The molecular weight excluding hydrogens is 352 g/mol. The van der Waals surface area contributed by atoms with Gasteiger partial charge in [-0.3, -0.25) is 9.59 Å². The maximum atomic E-state index is 12.6. The number of carbonyl (C=O) groups excluding carboxylic acids is 1. The molecule has 2 atom stereocenters. The second-order valence-corrected chi connectivity index (χ2v) is 7.08. The molecule has 2 unspecified atom stereocenters. The summed E-state index contributed by atoms with van der Waals surface area (Å²) < 4.78 is 12.1. The van der Waals surface area contributed by atoms with Crippen LogP contribution in [0.1, 0.15) is 32.4 Å². The SMILES string of the molecule is CC(=O)Nc1ccc(=O)n(C2c3cc4nonc4cc3OC(C)(C)C2O)c1. The van der Waals surface area contributed by atoms with Crippen molar-refractivity contribution in [1.29, 1.82) is 0 Å². The van der Waals surface area contributed by atoms with Crippen LogP contribution in [0.5, 0.6) is 5.75 Å². The molecular formula is C18H18N4O5. The Hall–Kier alpha value is -3.20. The highest BCUT2D eigenvalue weighted by atomic mass is 16.6. The normalized spacial score (nSPS) is 20.7. The number of nitrogens with zero attached hydrogens (tertiary/aromatic N) is 3. The first-order valence-corrected chi connectivity index (χ1v) is 8.39. The zero-order chi connectivity index (χ0) is 19.3. The maximum Gasteiger partial charge on any atom is 0.251 e. The first kappa shape index (κ1) is 17.2. The summed E-state index contributed by atoms with van der Waals surface area (Å²) in [5.74, 6) is 0.221. The minimum Gasteiger partial charge on any atom is -0.485 e. The van der Waals surface area contributed by atoms with E-state index in [1.54, 1.807) is 26.0 Å². The third kappa shape index (κ3) is 2.85. The van der Waals surface area contributed by atoms with Gasteiger partial charge in [-0.05, 0) is 36.3 Å². The highest BCUT2D eigenvalue weighted by Crippen LogP contribution is 2.42. The molecule has 9 heteroatoms. The molecule has 0 bridgehead atoms. The van der Waals surface area contributed by atoms with E-state index in [-0.39, 0.29) is 11.5 Å². The fraction of sp³-hybridized carbons (Fsp3) is 0.333. The van der Waals surface area contributed by atoms with E-state index in [2.05, 4.69) is 15.6 Å². The Labute approximate surface area is 153 Å². The summed E-state index contributed by atoms with van der Waals surface area (Å²) in [5.41, 5.74) is 0.734. The lowest BCUT2D eigenvalue weighted by Gasteiger charge is -2.42. The van der Waals surface area contributed by atoms with Crippen molar-refractivity contribution in [3.63, 3.8) is 0 Å². The van der Waals surface area contributed by atoms with E-state index in [9.17, 15) is 14.7 Å². The molecule has 2 aromatic heterocycles. The molecule has 2 N–H and O–H groups in total. The number of pyridine rings is 1. The largest absolute Gasteiger partial charge is 0.485 e. The number of rotatable bonds is 2. The molecule has 0 aliphatic carbocycles. The second kappa shape index (κ2) is 5.92. The molecule has 27 heavy (non-hydrogen) atoms. The van der Waals surface area contributed by atoms with Gasteiger partial charge in [-0.1, -0.05) is 0 Å². The molecule has 0 saturated heterocycles. The van der Waals surface area contributed by atoms with Gasteiger partial charge in [-0.2, -0.15) is 0 Å². The van der Waals surface area contributed by atoms with Crippen LogP contribution >= 0.6 is 0 Å². The van der Waals surface area contributed by atoms with Crippen molar-refractivity contribution in [2.24, 2.45) is 0 Å². The van der Waals surface area contributed by atoms with Crippen molar-refractivity contribution in [2.75, 3.05) is 5.32 Å². The zero-order valence-electron chi connectivity index (χ0n) is 15.0. The van der Waals surface area contributed by atoms with E-state index in [0.717, 1.165) is 0 Å². The van der Waals surface area contributed by atoms with Gasteiger partial charge in [0.2, 0.25) is 5.91 Å². The van der Waals surface area contributed by atoms with Crippen LogP contribution < -0.4 is 15.6 Å². The molecule has 3 heterocycles. The Morgan fingerprint density at radius 3 is 2.67 bits per heavy atom. The Morgan fingerprint density at radius 2 is 1.96 bits per heavy atom. The quantitative estimate of drug-likeness (QED) is 0.701. The standard InChI is InChI=1S/C18H18N4O5/c1-9(23)19-10-4-5-15(24)22(8-10)16-11-6-12-13(21-27-20-12)7-14(11)26-18(2,3)17(16)25/h4-8,16-17,25H,1-3H3,(H,19,23). The van der Waals surface area contributed by atoms with Gasteiger partial charge in [-0.25, -0.2) is 4.63 Å². The minimum absolute atomic E-state index is 0.260. The Balaban J connectivity index is 1.94. The molecule has 3 aromatic rings. The van der Waals surface area contributed by atoms with Gasteiger partial charge in [0, 0.05) is 30.8 Å². The zero-order valence-corrected chi connectivity index (χ0v) is 15.0. The van der Waals surface area contributed by atoms with Crippen LogP contribution in [0, 0.1) is 0 Å². The van der Waals surface area contributed by atoms with Crippen LogP contribution in [-0.2, 0) is 4.79 Å². The number of ether oxygens (including phenoxy) is 1. The van der Waals surface area contributed by atoms with Crippen molar-refractivity contribution in [2.45, 2.75) is 38.5 Å². The van der Waals surface area contributed by atoms with E-state index in [1.807, 2.05) is 0 Å². The number of nitrogens with one attached hydrogen (secondary N) is 1. The average Bonchev–Trinajstić information content (AvgIpc) is 3.03. The number of hydrogen-bond acceptors (Lipinski definition) is 7. The Morgan fingerprint density at radius 1 is 1.26 bits per heavy atom. The number of benzene rings is 1. The predicted molar refractivity (Wildman–Crippen MR) is 95.7 cm³/mol. The third-order valence-corrected chi connectivity index (χ3v) is 4.65. The lowest BCUT2D eigenvalue weighted by atomic mass is 9.86. The van der Waals surface area contributed by atoms with Crippen molar-refractivity contribution in [3.05, 3.63) is 46.4 Å². The van der Waals surface area contributed by atoms with Crippen LogP contribution in [0.25, 0.3) is 11.0 Å². The maximum absolute atomic E-state index is 12.6. The highest BCUT2D eigenvalue weighted by molar-refractivity contribution is 5.88. The molecule has 0 fully saturated rings. The van der Waals surface area contributed by atoms with Gasteiger partial charge >= 0.3 is 0 Å². The Bertz CT molecular complexity index is 1100. The van der Waals surface area contributed by atoms with Gasteiger partial charge < -0.3 is 19.7 Å². The number of fused-ring (bicyclic) bond motifs is 2. The number of amides is 1. The number of aromatic nitrogens is 3. The van der Waals surface area contributed by atoms with E-state index >= 15 is 0 Å². The van der Waals surface area contributed by atoms with E-state index in [0.29, 0.717) is 28.0 Å². The van der Waals surface area contributed by atoms with Gasteiger partial charge in [0.15, 0.2) is 0 Å². The molecule has 0 radical (unpaired) electrons. The number of aliphatic hydroxyl groups excluding tert-OH is 1. The molecule has 1 amide bonds. The predicted octanol–water partition coefficient (Wildman–Crippen LogP) is 1.46. The van der Waals surface area contributed by atoms with Crippen molar-refractivity contribution in [3.8, 4) is 5.75 Å². The third-order valence-electron chi connectivity index (χ3n) is 4.65. The molecule has 140 valence electrons. The van der Waals surface area contributed by atoms with E-state index in [1.165, 1.54) is 29.8 Å². The molecule has 1 aromatic carbocycles. The number of anilines is 1. The topological polar surface area (TPSA) is 119 Å². The first-order valence-electron chi connectivity index (χ1n) is 8.39. The van der Waals surface area contributed by atoms with Crippen LogP contribution in [0.4, 0.5) is 5.69 Å².